The average molecular weight is 387 g/mol. The molecule has 3 fully saturated rings. The third-order valence-electron chi connectivity index (χ3n) is 6.01. The minimum absolute atomic E-state index is 0.117. The lowest BCUT2D eigenvalue weighted by Gasteiger charge is -2.44. The standard InChI is InChI=1S/C24H25N3O2/c28-24(26-21-16-27-13-11-17(21)12-14-27)23-10-9-22(29-23)18-5-4-8-20(15-18)25-19-6-2-1-3-7-19/h1-10,15,17,21,25H,11-14,16H2,(H,26,28)/t21-/m0/s1. The number of nitrogens with zero attached hydrogens (tertiary/aromatic N) is 1. The van der Waals surface area contributed by atoms with Gasteiger partial charge in [-0.1, -0.05) is 30.3 Å². The molecule has 0 radical (unpaired) electrons. The van der Waals surface area contributed by atoms with Gasteiger partial charge in [-0.05, 0) is 68.2 Å². The van der Waals surface area contributed by atoms with Gasteiger partial charge in [-0.2, -0.15) is 0 Å². The van der Waals surface area contributed by atoms with E-state index >= 15 is 0 Å². The first kappa shape index (κ1) is 18.0. The van der Waals surface area contributed by atoms with Crippen LogP contribution in [0.1, 0.15) is 23.4 Å². The van der Waals surface area contributed by atoms with Crippen molar-refractivity contribution in [3.8, 4) is 11.3 Å². The van der Waals surface area contributed by atoms with E-state index in [-0.39, 0.29) is 11.9 Å². The first-order valence-corrected chi connectivity index (χ1v) is 10.3. The molecule has 3 aromatic rings. The van der Waals surface area contributed by atoms with E-state index in [1.54, 1.807) is 6.07 Å². The smallest absolute Gasteiger partial charge is 0.287 e. The van der Waals surface area contributed by atoms with Gasteiger partial charge in [0, 0.05) is 29.5 Å². The number of rotatable bonds is 5. The third kappa shape index (κ3) is 3.91. The molecule has 1 amide bonds. The second-order valence-corrected chi connectivity index (χ2v) is 7.95. The Morgan fingerprint density at radius 2 is 1.72 bits per heavy atom. The molecule has 3 aliphatic heterocycles. The number of hydrogen-bond donors (Lipinski definition) is 2. The zero-order chi connectivity index (χ0) is 19.6. The Labute approximate surface area is 170 Å². The van der Waals surface area contributed by atoms with Crippen LogP contribution in [0.25, 0.3) is 11.3 Å². The predicted octanol–water partition coefficient (Wildman–Crippen LogP) is 4.51. The van der Waals surface area contributed by atoms with Crippen molar-refractivity contribution in [3.05, 3.63) is 72.5 Å². The minimum atomic E-state index is -0.117. The topological polar surface area (TPSA) is 57.5 Å². The summed E-state index contributed by atoms with van der Waals surface area (Å²) in [7, 11) is 0. The summed E-state index contributed by atoms with van der Waals surface area (Å²) in [5.41, 5.74) is 2.94. The molecule has 3 saturated heterocycles. The van der Waals surface area contributed by atoms with E-state index in [2.05, 4.69) is 15.5 Å². The second kappa shape index (κ2) is 7.76. The highest BCUT2D eigenvalue weighted by Crippen LogP contribution is 2.29. The van der Waals surface area contributed by atoms with Gasteiger partial charge in [0.1, 0.15) is 5.76 Å². The number of para-hydroxylation sites is 1. The highest BCUT2D eigenvalue weighted by atomic mass is 16.3. The predicted molar refractivity (Wildman–Crippen MR) is 114 cm³/mol. The third-order valence-corrected chi connectivity index (χ3v) is 6.01. The maximum absolute atomic E-state index is 12.7. The summed E-state index contributed by atoms with van der Waals surface area (Å²) in [5, 5.41) is 6.58. The maximum Gasteiger partial charge on any atom is 0.287 e. The molecule has 5 heteroatoms. The van der Waals surface area contributed by atoms with Gasteiger partial charge in [0.05, 0.1) is 0 Å². The van der Waals surface area contributed by atoms with Crippen LogP contribution in [0.2, 0.25) is 0 Å². The molecule has 1 atom stereocenters. The molecule has 1 aromatic heterocycles. The number of piperidine rings is 3. The number of carbonyl (C=O) groups is 1. The van der Waals surface area contributed by atoms with E-state index in [0.29, 0.717) is 17.4 Å². The molecule has 4 heterocycles. The summed E-state index contributed by atoms with van der Waals surface area (Å²) < 4.78 is 5.90. The summed E-state index contributed by atoms with van der Waals surface area (Å²) in [4.78, 5) is 15.1. The van der Waals surface area contributed by atoms with Crippen molar-refractivity contribution in [1.82, 2.24) is 10.2 Å². The summed E-state index contributed by atoms with van der Waals surface area (Å²) in [5.74, 6) is 1.55. The molecule has 5 nitrogen and oxygen atoms in total. The van der Waals surface area contributed by atoms with E-state index < -0.39 is 0 Å². The second-order valence-electron chi connectivity index (χ2n) is 7.95. The number of anilines is 2. The van der Waals surface area contributed by atoms with Gasteiger partial charge in [-0.15, -0.1) is 0 Å². The van der Waals surface area contributed by atoms with Crippen LogP contribution in [0.3, 0.4) is 0 Å². The Bertz CT molecular complexity index is 990. The lowest BCUT2D eigenvalue weighted by atomic mass is 9.84. The van der Waals surface area contributed by atoms with Gasteiger partial charge in [-0.3, -0.25) is 4.79 Å². The van der Waals surface area contributed by atoms with Gasteiger partial charge < -0.3 is 20.0 Å². The summed E-state index contributed by atoms with van der Waals surface area (Å²) in [6.07, 6.45) is 2.35. The maximum atomic E-state index is 12.7. The molecule has 3 aliphatic rings. The number of furan rings is 1. The zero-order valence-electron chi connectivity index (χ0n) is 16.3. The van der Waals surface area contributed by atoms with Crippen molar-refractivity contribution in [1.29, 1.82) is 0 Å². The van der Waals surface area contributed by atoms with Gasteiger partial charge in [0.15, 0.2) is 5.76 Å². The van der Waals surface area contributed by atoms with Crippen LogP contribution in [0.4, 0.5) is 11.4 Å². The molecule has 0 spiro atoms. The lowest BCUT2D eigenvalue weighted by Crippen LogP contribution is -2.57. The fraction of sp³-hybridized carbons (Fsp3) is 0.292. The average Bonchev–Trinajstić information content (AvgIpc) is 3.26. The van der Waals surface area contributed by atoms with Crippen molar-refractivity contribution in [2.75, 3.05) is 25.0 Å². The van der Waals surface area contributed by atoms with Gasteiger partial charge in [0.25, 0.3) is 5.91 Å². The summed E-state index contributed by atoms with van der Waals surface area (Å²) >= 11 is 0. The molecule has 29 heavy (non-hydrogen) atoms. The minimum Gasteiger partial charge on any atom is -0.451 e. The van der Waals surface area contributed by atoms with Crippen LogP contribution in [-0.2, 0) is 0 Å². The molecule has 2 N–H and O–H groups in total. The zero-order valence-corrected chi connectivity index (χ0v) is 16.3. The Morgan fingerprint density at radius 3 is 2.48 bits per heavy atom. The first-order chi connectivity index (χ1) is 14.2. The number of amides is 1. The molecular formula is C24H25N3O2. The van der Waals surface area contributed by atoms with E-state index in [0.717, 1.165) is 36.6 Å². The van der Waals surface area contributed by atoms with Gasteiger partial charge in [-0.25, -0.2) is 0 Å². The largest absolute Gasteiger partial charge is 0.451 e. The van der Waals surface area contributed by atoms with Crippen molar-refractivity contribution < 1.29 is 9.21 Å². The molecule has 6 rings (SSSR count). The van der Waals surface area contributed by atoms with Crippen LogP contribution in [-0.4, -0.2) is 36.5 Å². The van der Waals surface area contributed by atoms with Crippen LogP contribution in [0.5, 0.6) is 0 Å². The molecule has 2 bridgehead atoms. The highest BCUT2D eigenvalue weighted by Gasteiger charge is 2.35. The number of nitrogens with one attached hydrogen (secondary N) is 2. The fourth-order valence-electron chi connectivity index (χ4n) is 4.42. The molecule has 148 valence electrons. The SMILES string of the molecule is O=C(N[C@H]1CN2CCC1CC2)c1ccc(-c2cccc(Nc3ccccc3)c2)o1. The highest BCUT2D eigenvalue weighted by molar-refractivity contribution is 5.92. The molecular weight excluding hydrogens is 362 g/mol. The van der Waals surface area contributed by atoms with E-state index in [4.69, 9.17) is 4.42 Å². The Hall–Kier alpha value is -3.05. The summed E-state index contributed by atoms with van der Waals surface area (Å²) in [6.45, 7) is 3.28. The molecule has 0 aliphatic carbocycles. The molecule has 0 saturated carbocycles. The van der Waals surface area contributed by atoms with Gasteiger partial charge >= 0.3 is 0 Å². The van der Waals surface area contributed by atoms with Crippen LogP contribution >= 0.6 is 0 Å². The first-order valence-electron chi connectivity index (χ1n) is 10.3. The van der Waals surface area contributed by atoms with E-state index in [1.807, 2.05) is 60.7 Å². The number of carbonyl (C=O) groups excluding carboxylic acids is 1. The molecule has 2 aromatic carbocycles. The fourth-order valence-corrected chi connectivity index (χ4v) is 4.42. The number of hydrogen-bond acceptors (Lipinski definition) is 4. The summed E-state index contributed by atoms with van der Waals surface area (Å²) in [6, 6.07) is 21.9. The monoisotopic (exact) mass is 387 g/mol. The van der Waals surface area contributed by atoms with Crippen LogP contribution in [0.15, 0.2) is 71.1 Å². The van der Waals surface area contributed by atoms with Crippen molar-refractivity contribution in [2.45, 2.75) is 18.9 Å². The van der Waals surface area contributed by atoms with Crippen LogP contribution < -0.4 is 10.6 Å². The van der Waals surface area contributed by atoms with Crippen molar-refractivity contribution in [3.63, 3.8) is 0 Å². The Morgan fingerprint density at radius 1 is 0.931 bits per heavy atom. The van der Waals surface area contributed by atoms with E-state index in [9.17, 15) is 4.79 Å². The molecule has 0 unspecified atom stereocenters. The quantitative estimate of drug-likeness (QED) is 0.676. The van der Waals surface area contributed by atoms with Gasteiger partial charge in [0.2, 0.25) is 0 Å². The Kier molecular flexibility index (Phi) is 4.82. The van der Waals surface area contributed by atoms with Crippen LogP contribution in [0, 0.1) is 5.92 Å². The normalized spacial score (nSPS) is 23.0. The number of fused-ring (bicyclic) bond motifs is 3. The van der Waals surface area contributed by atoms with E-state index in [1.165, 1.54) is 12.8 Å². The lowest BCUT2D eigenvalue weighted by molar-refractivity contribution is 0.0606. The van der Waals surface area contributed by atoms with Crippen molar-refractivity contribution >= 4 is 17.3 Å². The Balaban J connectivity index is 1.28. The van der Waals surface area contributed by atoms with Crippen molar-refractivity contribution in [2.24, 2.45) is 5.92 Å². The number of benzene rings is 2.